The second-order valence-corrected chi connectivity index (χ2v) is 6.22. The predicted molar refractivity (Wildman–Crippen MR) is 82.5 cm³/mol. The third-order valence-corrected chi connectivity index (χ3v) is 3.18. The van der Waals surface area contributed by atoms with Crippen LogP contribution in [0.1, 0.15) is 33.4 Å². The molecule has 2 nitrogen and oxygen atoms in total. The molecule has 0 aliphatic carbocycles. The molecule has 0 radical (unpaired) electrons. The largest absolute Gasteiger partial charge is 0.313 e. The zero-order valence-corrected chi connectivity index (χ0v) is 13.3. The van der Waals surface area contributed by atoms with Crippen LogP contribution in [-0.4, -0.2) is 18.1 Å². The molecule has 0 saturated carbocycles. The number of halogens is 1. The van der Waals surface area contributed by atoms with Crippen molar-refractivity contribution in [3.63, 3.8) is 0 Å². The first-order valence-corrected chi connectivity index (χ1v) is 7.31. The van der Waals surface area contributed by atoms with Gasteiger partial charge < -0.3 is 5.32 Å². The van der Waals surface area contributed by atoms with Gasteiger partial charge in [0.25, 0.3) is 0 Å². The van der Waals surface area contributed by atoms with Gasteiger partial charge in [-0.15, -0.1) is 0 Å². The minimum atomic E-state index is 0.537. The molecule has 0 bridgehead atoms. The van der Waals surface area contributed by atoms with Crippen LogP contribution in [0.3, 0.4) is 0 Å². The van der Waals surface area contributed by atoms with Crippen molar-refractivity contribution in [2.45, 2.75) is 27.7 Å². The number of hydrogen-bond donors (Lipinski definition) is 1. The molecule has 1 aromatic heterocycles. The van der Waals surface area contributed by atoms with E-state index in [1.807, 2.05) is 18.3 Å². The van der Waals surface area contributed by atoms with Crippen LogP contribution in [0.2, 0.25) is 0 Å². The highest BCUT2D eigenvalue weighted by Gasteiger charge is 2.04. The quantitative estimate of drug-likeness (QED) is 0.854. The minimum absolute atomic E-state index is 0.537. The van der Waals surface area contributed by atoms with E-state index in [-0.39, 0.29) is 0 Å². The van der Waals surface area contributed by atoms with Gasteiger partial charge in [0.15, 0.2) is 0 Å². The number of nitrogens with one attached hydrogen (secondary N) is 1. The molecule has 0 saturated heterocycles. The van der Waals surface area contributed by atoms with Crippen molar-refractivity contribution in [1.82, 2.24) is 10.3 Å². The topological polar surface area (TPSA) is 24.9 Å². The lowest BCUT2D eigenvalue weighted by Crippen LogP contribution is -2.23. The van der Waals surface area contributed by atoms with E-state index in [1.165, 1.54) is 5.57 Å². The van der Waals surface area contributed by atoms with E-state index < -0.39 is 0 Å². The normalized spacial score (nSPS) is 12.5. The average molecular weight is 311 g/mol. The van der Waals surface area contributed by atoms with Crippen molar-refractivity contribution >= 4 is 22.0 Å². The minimum Gasteiger partial charge on any atom is -0.313 e. The van der Waals surface area contributed by atoms with E-state index in [1.54, 1.807) is 0 Å². The fourth-order valence-electron chi connectivity index (χ4n) is 1.59. The first-order chi connectivity index (χ1) is 8.49. The van der Waals surface area contributed by atoms with Crippen LogP contribution in [0.15, 0.2) is 28.4 Å². The zero-order chi connectivity index (χ0) is 13.5. The molecule has 0 aliphatic heterocycles. The molecule has 0 fully saturated rings. The molecule has 18 heavy (non-hydrogen) atoms. The van der Waals surface area contributed by atoms with Crippen molar-refractivity contribution in [3.8, 4) is 0 Å². The highest BCUT2D eigenvalue weighted by Crippen LogP contribution is 2.14. The van der Waals surface area contributed by atoms with Crippen molar-refractivity contribution in [3.05, 3.63) is 34.1 Å². The fraction of sp³-hybridized carbons (Fsp3) is 0.533. The summed E-state index contributed by atoms with van der Waals surface area (Å²) in [6.45, 7) is 10.9. The third-order valence-electron chi connectivity index (χ3n) is 2.71. The lowest BCUT2D eigenvalue weighted by Gasteiger charge is -2.14. The monoisotopic (exact) mass is 310 g/mol. The SMILES string of the molecule is CC(C)CNC/C(=C/c1ccc(Br)cn1)C(C)C. The Bertz CT molecular complexity index is 380. The smallest absolute Gasteiger partial charge is 0.0630 e. The maximum Gasteiger partial charge on any atom is 0.0630 e. The van der Waals surface area contributed by atoms with E-state index in [9.17, 15) is 0 Å². The second-order valence-electron chi connectivity index (χ2n) is 5.30. The summed E-state index contributed by atoms with van der Waals surface area (Å²) < 4.78 is 1.02. The van der Waals surface area contributed by atoms with Gasteiger partial charge in [-0.1, -0.05) is 33.3 Å². The van der Waals surface area contributed by atoms with Gasteiger partial charge in [-0.2, -0.15) is 0 Å². The van der Waals surface area contributed by atoms with E-state index in [0.29, 0.717) is 11.8 Å². The first-order valence-electron chi connectivity index (χ1n) is 6.51. The maximum atomic E-state index is 4.39. The average Bonchev–Trinajstić information content (AvgIpc) is 2.30. The van der Waals surface area contributed by atoms with Crippen LogP contribution in [0.25, 0.3) is 6.08 Å². The molecule has 1 aromatic rings. The molecule has 1 N–H and O–H groups in total. The molecular weight excluding hydrogens is 288 g/mol. The van der Waals surface area contributed by atoms with Crippen LogP contribution in [-0.2, 0) is 0 Å². The summed E-state index contributed by atoms with van der Waals surface area (Å²) in [5.41, 5.74) is 2.42. The molecule has 0 spiro atoms. The van der Waals surface area contributed by atoms with Gasteiger partial charge >= 0.3 is 0 Å². The summed E-state index contributed by atoms with van der Waals surface area (Å²) in [4.78, 5) is 4.39. The van der Waals surface area contributed by atoms with E-state index in [2.05, 4.69) is 60.0 Å². The molecule has 3 heteroatoms. The molecule has 1 rings (SSSR count). The van der Waals surface area contributed by atoms with Crippen LogP contribution < -0.4 is 5.32 Å². The van der Waals surface area contributed by atoms with Gasteiger partial charge in [-0.25, -0.2) is 0 Å². The van der Waals surface area contributed by atoms with Crippen molar-refractivity contribution in [2.24, 2.45) is 11.8 Å². The Hall–Kier alpha value is -0.670. The number of pyridine rings is 1. The Labute approximate surface area is 119 Å². The van der Waals surface area contributed by atoms with E-state index >= 15 is 0 Å². The maximum absolute atomic E-state index is 4.39. The summed E-state index contributed by atoms with van der Waals surface area (Å²) in [6, 6.07) is 4.06. The molecule has 0 atom stereocenters. The highest BCUT2D eigenvalue weighted by molar-refractivity contribution is 9.10. The molecule has 0 unspecified atom stereocenters. The number of nitrogens with zero attached hydrogens (tertiary/aromatic N) is 1. The molecule has 0 amide bonds. The molecule has 100 valence electrons. The predicted octanol–water partition coefficient (Wildman–Crippen LogP) is 4.13. The van der Waals surface area contributed by atoms with Gasteiger partial charge in [0, 0.05) is 17.2 Å². The first kappa shape index (κ1) is 15.4. The molecule has 0 aliphatic rings. The van der Waals surface area contributed by atoms with Gasteiger partial charge in [-0.05, 0) is 52.5 Å². The van der Waals surface area contributed by atoms with Crippen molar-refractivity contribution in [1.29, 1.82) is 0 Å². The van der Waals surface area contributed by atoms with Crippen LogP contribution in [0.4, 0.5) is 0 Å². The number of aromatic nitrogens is 1. The van der Waals surface area contributed by atoms with Gasteiger partial charge in [0.1, 0.15) is 0 Å². The summed E-state index contributed by atoms with van der Waals surface area (Å²) in [6.07, 6.45) is 4.02. The number of rotatable bonds is 6. The Morgan fingerprint density at radius 2 is 2.06 bits per heavy atom. The fourth-order valence-corrected chi connectivity index (χ4v) is 1.82. The standard InChI is InChI=1S/C15H23BrN2/c1-11(2)8-17-9-13(12(3)4)7-15-6-5-14(16)10-18-15/h5-7,10-12,17H,8-9H2,1-4H3/b13-7-. The summed E-state index contributed by atoms with van der Waals surface area (Å²) in [5.74, 6) is 1.22. The van der Waals surface area contributed by atoms with Crippen LogP contribution in [0, 0.1) is 11.8 Å². The molecule has 1 heterocycles. The summed E-state index contributed by atoms with van der Waals surface area (Å²) >= 11 is 3.40. The Kier molecular flexibility index (Phi) is 6.58. The van der Waals surface area contributed by atoms with Crippen molar-refractivity contribution < 1.29 is 0 Å². The van der Waals surface area contributed by atoms with E-state index in [0.717, 1.165) is 23.3 Å². The van der Waals surface area contributed by atoms with Gasteiger partial charge in [0.2, 0.25) is 0 Å². The Balaban J connectivity index is 2.68. The second kappa shape index (κ2) is 7.70. The van der Waals surface area contributed by atoms with Crippen LogP contribution >= 0.6 is 15.9 Å². The van der Waals surface area contributed by atoms with E-state index in [4.69, 9.17) is 0 Å². The summed E-state index contributed by atoms with van der Waals surface area (Å²) in [5, 5.41) is 3.49. The van der Waals surface area contributed by atoms with Crippen molar-refractivity contribution in [2.75, 3.05) is 13.1 Å². The highest BCUT2D eigenvalue weighted by atomic mass is 79.9. The lowest BCUT2D eigenvalue weighted by molar-refractivity contribution is 0.558. The number of hydrogen-bond acceptors (Lipinski definition) is 2. The Morgan fingerprint density at radius 3 is 2.56 bits per heavy atom. The van der Waals surface area contributed by atoms with Gasteiger partial charge in [-0.3, -0.25) is 4.98 Å². The molecular formula is C15H23BrN2. The Morgan fingerprint density at radius 1 is 1.33 bits per heavy atom. The summed E-state index contributed by atoms with van der Waals surface area (Å²) in [7, 11) is 0. The third kappa shape index (κ3) is 5.78. The lowest BCUT2D eigenvalue weighted by atomic mass is 10.0. The van der Waals surface area contributed by atoms with Gasteiger partial charge in [0.05, 0.1) is 5.69 Å². The molecule has 0 aromatic carbocycles. The zero-order valence-electron chi connectivity index (χ0n) is 11.7. The van der Waals surface area contributed by atoms with Crippen LogP contribution in [0.5, 0.6) is 0 Å².